The number of imidazole rings is 1. The Kier molecular flexibility index (Phi) is 3.46. The van der Waals surface area contributed by atoms with Gasteiger partial charge >= 0.3 is 0 Å². The Hall–Kier alpha value is -2.53. The maximum absolute atomic E-state index is 10.3. The smallest absolute Gasteiger partial charge is 0.164 e. The SMILES string of the molecule is Nc1ncnc2c1c(-c1ncc[nH]1)cn2C1OC(CO)C(O)C1O. The summed E-state index contributed by atoms with van der Waals surface area (Å²) in [5.74, 6) is 0.823. The van der Waals surface area contributed by atoms with Crippen LogP contribution in [0.1, 0.15) is 6.23 Å². The molecule has 3 aromatic heterocycles. The number of aliphatic hydroxyl groups is 3. The average molecular weight is 332 g/mol. The van der Waals surface area contributed by atoms with E-state index in [2.05, 4.69) is 19.9 Å². The number of H-pyrrole nitrogens is 1. The predicted molar refractivity (Wildman–Crippen MR) is 82.5 cm³/mol. The monoisotopic (exact) mass is 332 g/mol. The van der Waals surface area contributed by atoms with Crippen LogP contribution in [0.4, 0.5) is 5.82 Å². The molecule has 0 aromatic carbocycles. The van der Waals surface area contributed by atoms with Crippen LogP contribution in [0.2, 0.25) is 0 Å². The van der Waals surface area contributed by atoms with Gasteiger partial charge in [0.2, 0.25) is 0 Å². The van der Waals surface area contributed by atoms with Crippen molar-refractivity contribution in [3.05, 3.63) is 24.9 Å². The quantitative estimate of drug-likeness (QED) is 0.409. The van der Waals surface area contributed by atoms with Gasteiger partial charge in [-0.15, -0.1) is 0 Å². The minimum Gasteiger partial charge on any atom is -0.394 e. The largest absolute Gasteiger partial charge is 0.394 e. The minimum absolute atomic E-state index is 0.261. The summed E-state index contributed by atoms with van der Waals surface area (Å²) in [6.07, 6.45) is 2.03. The molecule has 0 saturated carbocycles. The highest BCUT2D eigenvalue weighted by Crippen LogP contribution is 2.37. The highest BCUT2D eigenvalue weighted by Gasteiger charge is 2.44. The van der Waals surface area contributed by atoms with E-state index in [0.717, 1.165) is 0 Å². The first kappa shape index (κ1) is 15.0. The number of fused-ring (bicyclic) bond motifs is 1. The molecule has 0 bridgehead atoms. The summed E-state index contributed by atoms with van der Waals surface area (Å²) in [6, 6.07) is 0. The first-order valence-corrected chi connectivity index (χ1v) is 7.35. The number of nitrogens with one attached hydrogen (secondary N) is 1. The third-order valence-corrected chi connectivity index (χ3v) is 4.18. The summed E-state index contributed by atoms with van der Waals surface area (Å²) in [5, 5.41) is 30.1. The number of aliphatic hydroxyl groups excluding tert-OH is 3. The molecule has 4 rings (SSSR count). The highest BCUT2D eigenvalue weighted by atomic mass is 16.6. The molecule has 24 heavy (non-hydrogen) atoms. The topological polar surface area (TPSA) is 155 Å². The number of rotatable bonds is 3. The van der Waals surface area contributed by atoms with E-state index in [-0.39, 0.29) is 5.82 Å². The van der Waals surface area contributed by atoms with E-state index in [0.29, 0.717) is 22.4 Å². The van der Waals surface area contributed by atoms with Crippen LogP contribution in [0.25, 0.3) is 22.4 Å². The van der Waals surface area contributed by atoms with Crippen LogP contribution < -0.4 is 5.73 Å². The maximum Gasteiger partial charge on any atom is 0.164 e. The van der Waals surface area contributed by atoms with E-state index < -0.39 is 31.1 Å². The second kappa shape index (κ2) is 5.53. The van der Waals surface area contributed by atoms with Crippen molar-refractivity contribution in [2.24, 2.45) is 0 Å². The lowest BCUT2D eigenvalue weighted by Gasteiger charge is -2.17. The molecule has 0 amide bonds. The molecule has 0 aliphatic carbocycles. The summed E-state index contributed by atoms with van der Waals surface area (Å²) in [6.45, 7) is -0.407. The molecule has 4 heterocycles. The number of aromatic amines is 1. The number of hydrogen-bond donors (Lipinski definition) is 5. The second-order valence-electron chi connectivity index (χ2n) is 5.57. The molecular weight excluding hydrogens is 316 g/mol. The molecule has 4 atom stereocenters. The van der Waals surface area contributed by atoms with Crippen LogP contribution in [0.3, 0.4) is 0 Å². The molecule has 126 valence electrons. The summed E-state index contributed by atoms with van der Waals surface area (Å²) < 4.78 is 7.15. The molecule has 10 heteroatoms. The Balaban J connectivity index is 1.90. The Morgan fingerprint density at radius 2 is 2.08 bits per heavy atom. The van der Waals surface area contributed by atoms with Crippen LogP contribution in [0, 0.1) is 0 Å². The van der Waals surface area contributed by atoms with Gasteiger partial charge in [-0.25, -0.2) is 15.0 Å². The van der Waals surface area contributed by atoms with E-state index in [1.54, 1.807) is 23.2 Å². The van der Waals surface area contributed by atoms with Gasteiger partial charge in [0.1, 0.15) is 41.9 Å². The number of nitrogen functional groups attached to an aromatic ring is 1. The standard InChI is InChI=1S/C14H16N6O4/c15-11-8-6(12-16-1-2-17-12)3-20(13(8)19-5-18-11)14-10(23)9(22)7(4-21)24-14/h1-3,5,7,9-10,14,21-23H,4H2,(H,16,17)(H2,15,18,19). The Labute approximate surface area is 135 Å². The fourth-order valence-electron chi connectivity index (χ4n) is 3.00. The van der Waals surface area contributed by atoms with Crippen molar-refractivity contribution in [2.45, 2.75) is 24.5 Å². The minimum atomic E-state index is -1.22. The maximum atomic E-state index is 10.3. The number of hydrogen-bond acceptors (Lipinski definition) is 8. The van der Waals surface area contributed by atoms with E-state index in [4.69, 9.17) is 10.5 Å². The third kappa shape index (κ3) is 2.08. The van der Waals surface area contributed by atoms with Gasteiger partial charge in [-0.1, -0.05) is 0 Å². The van der Waals surface area contributed by atoms with Gasteiger partial charge < -0.3 is 35.3 Å². The molecule has 0 spiro atoms. The molecule has 1 fully saturated rings. The third-order valence-electron chi connectivity index (χ3n) is 4.18. The lowest BCUT2D eigenvalue weighted by atomic mass is 10.1. The second-order valence-corrected chi connectivity index (χ2v) is 5.57. The van der Waals surface area contributed by atoms with Crippen molar-refractivity contribution in [2.75, 3.05) is 12.3 Å². The highest BCUT2D eigenvalue weighted by molar-refractivity contribution is 5.99. The van der Waals surface area contributed by atoms with Gasteiger partial charge in [0, 0.05) is 24.2 Å². The summed E-state index contributed by atoms with van der Waals surface area (Å²) in [7, 11) is 0. The molecule has 0 radical (unpaired) electrons. The van der Waals surface area contributed by atoms with Crippen LogP contribution in [0.5, 0.6) is 0 Å². The number of ether oxygens (including phenoxy) is 1. The zero-order valence-electron chi connectivity index (χ0n) is 12.4. The zero-order chi connectivity index (χ0) is 16.8. The lowest BCUT2D eigenvalue weighted by Crippen LogP contribution is -2.33. The number of nitrogens with two attached hydrogens (primary N) is 1. The molecule has 1 saturated heterocycles. The molecule has 1 aliphatic rings. The van der Waals surface area contributed by atoms with Crippen molar-refractivity contribution in [1.82, 2.24) is 24.5 Å². The van der Waals surface area contributed by atoms with Gasteiger partial charge in [-0.3, -0.25) is 0 Å². The number of anilines is 1. The van der Waals surface area contributed by atoms with Crippen LogP contribution in [-0.2, 0) is 4.74 Å². The summed E-state index contributed by atoms with van der Waals surface area (Å²) in [5.41, 5.74) is 7.07. The van der Waals surface area contributed by atoms with E-state index in [1.807, 2.05) is 0 Å². The average Bonchev–Trinajstić information content (AvgIpc) is 3.28. The van der Waals surface area contributed by atoms with Gasteiger partial charge in [0.25, 0.3) is 0 Å². The van der Waals surface area contributed by atoms with Crippen molar-refractivity contribution in [3.63, 3.8) is 0 Å². The van der Waals surface area contributed by atoms with E-state index in [1.165, 1.54) is 6.33 Å². The lowest BCUT2D eigenvalue weighted by molar-refractivity contribution is -0.0508. The fourth-order valence-corrected chi connectivity index (χ4v) is 3.00. The van der Waals surface area contributed by atoms with Gasteiger partial charge in [-0.2, -0.15) is 0 Å². The molecule has 6 N–H and O–H groups in total. The first-order chi connectivity index (χ1) is 11.6. The molecule has 1 aliphatic heterocycles. The molecule has 10 nitrogen and oxygen atoms in total. The van der Waals surface area contributed by atoms with Gasteiger partial charge in [-0.05, 0) is 0 Å². The predicted octanol–water partition coefficient (Wildman–Crippen LogP) is -0.985. The van der Waals surface area contributed by atoms with Crippen molar-refractivity contribution in [3.8, 4) is 11.4 Å². The first-order valence-electron chi connectivity index (χ1n) is 7.35. The number of aromatic nitrogens is 5. The van der Waals surface area contributed by atoms with Gasteiger partial charge in [0.15, 0.2) is 6.23 Å². The fraction of sp³-hybridized carbons (Fsp3) is 0.357. The molecule has 4 unspecified atom stereocenters. The van der Waals surface area contributed by atoms with Crippen LogP contribution in [0.15, 0.2) is 24.9 Å². The van der Waals surface area contributed by atoms with E-state index >= 15 is 0 Å². The zero-order valence-corrected chi connectivity index (χ0v) is 12.4. The van der Waals surface area contributed by atoms with E-state index in [9.17, 15) is 15.3 Å². The van der Waals surface area contributed by atoms with Crippen molar-refractivity contribution in [1.29, 1.82) is 0 Å². The Morgan fingerprint density at radius 3 is 2.75 bits per heavy atom. The molecular formula is C14H16N6O4. The Morgan fingerprint density at radius 1 is 1.25 bits per heavy atom. The molecule has 3 aromatic rings. The van der Waals surface area contributed by atoms with Gasteiger partial charge in [0.05, 0.1) is 12.0 Å². The van der Waals surface area contributed by atoms with Crippen molar-refractivity contribution < 1.29 is 20.1 Å². The van der Waals surface area contributed by atoms with Crippen LogP contribution >= 0.6 is 0 Å². The summed E-state index contributed by atoms with van der Waals surface area (Å²) >= 11 is 0. The Bertz CT molecular complexity index is 864. The number of nitrogens with zero attached hydrogens (tertiary/aromatic N) is 4. The van der Waals surface area contributed by atoms with Crippen molar-refractivity contribution >= 4 is 16.9 Å². The van der Waals surface area contributed by atoms with Crippen LogP contribution in [-0.4, -0.2) is 64.7 Å². The normalized spacial score (nSPS) is 27.1. The summed E-state index contributed by atoms with van der Waals surface area (Å²) in [4.78, 5) is 15.4.